The van der Waals surface area contributed by atoms with E-state index in [9.17, 15) is 4.79 Å². The molecule has 1 amide bonds. The van der Waals surface area contributed by atoms with Crippen molar-refractivity contribution in [3.05, 3.63) is 82.4 Å². The van der Waals surface area contributed by atoms with Crippen molar-refractivity contribution < 1.29 is 4.79 Å². The molecule has 1 aromatic carbocycles. The molecule has 1 N–H and O–H groups in total. The van der Waals surface area contributed by atoms with E-state index < -0.39 is 0 Å². The molecule has 150 valence electrons. The van der Waals surface area contributed by atoms with Gasteiger partial charge < -0.3 is 0 Å². The molecule has 0 aliphatic carbocycles. The normalized spacial score (nSPS) is 10.8. The van der Waals surface area contributed by atoms with Gasteiger partial charge in [-0.15, -0.1) is 0 Å². The molecule has 0 radical (unpaired) electrons. The third-order valence-electron chi connectivity index (χ3n) is 4.49. The lowest BCUT2D eigenvalue weighted by atomic mass is 10.0. The zero-order chi connectivity index (χ0) is 21.3. The van der Waals surface area contributed by atoms with Crippen LogP contribution in [0.5, 0.6) is 0 Å². The Morgan fingerprint density at radius 1 is 0.967 bits per heavy atom. The first-order valence-corrected chi connectivity index (χ1v) is 10.5. The van der Waals surface area contributed by atoms with Gasteiger partial charge in [-0.3, -0.25) is 15.1 Å². The number of anilines is 1. The minimum absolute atomic E-state index is 0.280. The van der Waals surface area contributed by atoms with Crippen LogP contribution < -0.4 is 5.32 Å². The summed E-state index contributed by atoms with van der Waals surface area (Å²) >= 11 is 7.25. The highest BCUT2D eigenvalue weighted by Crippen LogP contribution is 2.39. The molecule has 4 rings (SSSR count). The Morgan fingerprint density at radius 3 is 2.40 bits per heavy atom. The fraction of sp³-hybridized carbons (Fsp3) is 0.130. The maximum absolute atomic E-state index is 12.6. The third-order valence-corrected chi connectivity index (χ3v) is 5.73. The van der Waals surface area contributed by atoms with E-state index in [1.807, 2.05) is 19.1 Å². The van der Waals surface area contributed by atoms with Gasteiger partial charge in [0.2, 0.25) is 0 Å². The molecule has 4 aromatic rings. The van der Waals surface area contributed by atoms with Crippen molar-refractivity contribution >= 4 is 34.0 Å². The number of amides is 1. The van der Waals surface area contributed by atoms with Crippen LogP contribution in [0.1, 0.15) is 27.2 Å². The number of halogens is 1. The highest BCUT2D eigenvalue weighted by molar-refractivity contribution is 7.19. The lowest BCUT2D eigenvalue weighted by molar-refractivity contribution is 0.102. The van der Waals surface area contributed by atoms with Gasteiger partial charge >= 0.3 is 0 Å². The minimum Gasteiger partial charge on any atom is -0.298 e. The Morgan fingerprint density at radius 2 is 1.73 bits per heavy atom. The van der Waals surface area contributed by atoms with Gasteiger partial charge in [0, 0.05) is 23.7 Å². The van der Waals surface area contributed by atoms with E-state index in [0.717, 1.165) is 38.5 Å². The highest BCUT2D eigenvalue weighted by atomic mass is 35.5. The maximum atomic E-state index is 12.6. The van der Waals surface area contributed by atoms with Crippen molar-refractivity contribution in [3.63, 3.8) is 0 Å². The standard InChI is InChI=1S/C23H19ClN4OS/c1-13-8-14(2)10-18(9-13)20-21(16-6-7-25-15(3)11-16)30-23(27-20)28-22(29)17-4-5-19(24)26-12-17/h4-12H,1-3H3,(H,27,28,29). The summed E-state index contributed by atoms with van der Waals surface area (Å²) < 4.78 is 0. The summed E-state index contributed by atoms with van der Waals surface area (Å²) in [5, 5.41) is 3.75. The van der Waals surface area contributed by atoms with Gasteiger partial charge in [0.05, 0.1) is 16.1 Å². The van der Waals surface area contributed by atoms with E-state index in [1.54, 1.807) is 18.3 Å². The lowest BCUT2D eigenvalue weighted by Gasteiger charge is -2.06. The van der Waals surface area contributed by atoms with E-state index in [2.05, 4.69) is 47.3 Å². The molecule has 0 fully saturated rings. The second-order valence-electron chi connectivity index (χ2n) is 7.08. The predicted molar refractivity (Wildman–Crippen MR) is 122 cm³/mol. The smallest absolute Gasteiger partial charge is 0.259 e. The SMILES string of the molecule is Cc1cc(C)cc(-c2nc(NC(=O)c3ccc(Cl)nc3)sc2-c2ccnc(C)c2)c1. The minimum atomic E-state index is -0.280. The van der Waals surface area contributed by atoms with Gasteiger partial charge in [-0.25, -0.2) is 9.97 Å². The van der Waals surface area contributed by atoms with Gasteiger partial charge in [0.15, 0.2) is 5.13 Å². The van der Waals surface area contributed by atoms with Crippen molar-refractivity contribution in [2.45, 2.75) is 20.8 Å². The van der Waals surface area contributed by atoms with Crippen LogP contribution >= 0.6 is 22.9 Å². The first-order valence-electron chi connectivity index (χ1n) is 9.34. The number of hydrogen-bond donors (Lipinski definition) is 1. The largest absolute Gasteiger partial charge is 0.298 e. The number of thiazole rings is 1. The molecule has 0 bridgehead atoms. The summed E-state index contributed by atoms with van der Waals surface area (Å²) in [6.07, 6.45) is 3.23. The zero-order valence-corrected chi connectivity index (χ0v) is 18.3. The van der Waals surface area contributed by atoms with Gasteiger partial charge in [-0.1, -0.05) is 40.1 Å². The average Bonchev–Trinajstić information content (AvgIpc) is 3.11. The number of nitrogens with zero attached hydrogens (tertiary/aromatic N) is 3. The number of rotatable bonds is 4. The van der Waals surface area contributed by atoms with Gasteiger partial charge in [0.25, 0.3) is 5.91 Å². The van der Waals surface area contributed by atoms with Crippen LogP contribution in [0.2, 0.25) is 5.15 Å². The first-order chi connectivity index (χ1) is 14.4. The quantitative estimate of drug-likeness (QED) is 0.394. The fourth-order valence-corrected chi connectivity index (χ4v) is 4.33. The van der Waals surface area contributed by atoms with Gasteiger partial charge in [0.1, 0.15) is 5.15 Å². The van der Waals surface area contributed by atoms with Gasteiger partial charge in [-0.2, -0.15) is 0 Å². The van der Waals surface area contributed by atoms with Crippen LogP contribution in [-0.4, -0.2) is 20.9 Å². The van der Waals surface area contributed by atoms with E-state index in [0.29, 0.717) is 15.8 Å². The molecule has 0 atom stereocenters. The fourth-order valence-electron chi connectivity index (χ4n) is 3.24. The number of benzene rings is 1. The number of carbonyl (C=O) groups is 1. The van der Waals surface area contributed by atoms with Crippen LogP contribution in [0.4, 0.5) is 5.13 Å². The number of hydrogen-bond acceptors (Lipinski definition) is 5. The van der Waals surface area contributed by atoms with Crippen molar-refractivity contribution in [3.8, 4) is 21.7 Å². The molecule has 3 heterocycles. The Labute approximate surface area is 183 Å². The number of pyridine rings is 2. The summed E-state index contributed by atoms with van der Waals surface area (Å²) in [5.41, 5.74) is 6.53. The number of aromatic nitrogens is 3. The van der Waals surface area contributed by atoms with Crippen LogP contribution in [0.25, 0.3) is 21.7 Å². The molecule has 0 aliphatic heterocycles. The van der Waals surface area contributed by atoms with Crippen LogP contribution in [0.15, 0.2) is 54.9 Å². The van der Waals surface area contributed by atoms with Crippen LogP contribution in [-0.2, 0) is 0 Å². The maximum Gasteiger partial charge on any atom is 0.259 e. The first kappa shape index (κ1) is 20.2. The highest BCUT2D eigenvalue weighted by Gasteiger charge is 2.18. The second-order valence-corrected chi connectivity index (χ2v) is 8.47. The average molecular weight is 435 g/mol. The molecular formula is C23H19ClN4OS. The van der Waals surface area contributed by atoms with Crippen molar-refractivity contribution in [2.24, 2.45) is 0 Å². The Kier molecular flexibility index (Phi) is 5.61. The molecule has 0 unspecified atom stereocenters. The summed E-state index contributed by atoms with van der Waals surface area (Å²) in [5.74, 6) is -0.280. The van der Waals surface area contributed by atoms with Crippen molar-refractivity contribution in [1.82, 2.24) is 15.0 Å². The monoisotopic (exact) mass is 434 g/mol. The molecule has 0 saturated heterocycles. The molecule has 0 aliphatic rings. The Hall–Kier alpha value is -3.09. The van der Waals surface area contributed by atoms with E-state index in [-0.39, 0.29) is 5.91 Å². The van der Waals surface area contributed by atoms with Crippen molar-refractivity contribution in [1.29, 1.82) is 0 Å². The summed E-state index contributed by atoms with van der Waals surface area (Å²) in [6, 6.07) is 13.5. The van der Waals surface area contributed by atoms with Crippen molar-refractivity contribution in [2.75, 3.05) is 5.32 Å². The van der Waals surface area contributed by atoms with Crippen LogP contribution in [0.3, 0.4) is 0 Å². The molecule has 30 heavy (non-hydrogen) atoms. The summed E-state index contributed by atoms with van der Waals surface area (Å²) in [4.78, 5) is 26.7. The molecule has 5 nitrogen and oxygen atoms in total. The molecule has 0 spiro atoms. The predicted octanol–water partition coefficient (Wildman–Crippen LogP) is 6.10. The van der Waals surface area contributed by atoms with E-state index in [1.165, 1.54) is 17.5 Å². The molecule has 7 heteroatoms. The lowest BCUT2D eigenvalue weighted by Crippen LogP contribution is -2.11. The third kappa shape index (κ3) is 4.40. The number of nitrogens with one attached hydrogen (secondary N) is 1. The molecule has 3 aromatic heterocycles. The summed E-state index contributed by atoms with van der Waals surface area (Å²) in [7, 11) is 0. The summed E-state index contributed by atoms with van der Waals surface area (Å²) in [6.45, 7) is 6.09. The zero-order valence-electron chi connectivity index (χ0n) is 16.7. The Balaban J connectivity index is 1.77. The van der Waals surface area contributed by atoms with E-state index >= 15 is 0 Å². The van der Waals surface area contributed by atoms with Gasteiger partial charge in [-0.05, 0) is 62.7 Å². The molecule has 0 saturated carbocycles. The second kappa shape index (κ2) is 8.34. The van der Waals surface area contributed by atoms with E-state index in [4.69, 9.17) is 16.6 Å². The number of carbonyl (C=O) groups excluding carboxylic acids is 1. The Bertz CT molecular complexity index is 1210. The number of aryl methyl sites for hydroxylation is 3. The van der Waals surface area contributed by atoms with Crippen LogP contribution in [0, 0.1) is 20.8 Å². The molecular weight excluding hydrogens is 416 g/mol. The topological polar surface area (TPSA) is 67.8 Å².